The summed E-state index contributed by atoms with van der Waals surface area (Å²) in [7, 11) is 0. The lowest BCUT2D eigenvalue weighted by atomic mass is 10.1. The summed E-state index contributed by atoms with van der Waals surface area (Å²) in [5, 5.41) is 14.7. The number of rotatable bonds is 9. The Bertz CT molecular complexity index is 2150. The van der Waals surface area contributed by atoms with Gasteiger partial charge in [0.25, 0.3) is 0 Å². The second-order valence-corrected chi connectivity index (χ2v) is 14.3. The molecule has 6 rings (SSSR count). The van der Waals surface area contributed by atoms with E-state index in [-0.39, 0.29) is 41.5 Å². The summed E-state index contributed by atoms with van der Waals surface area (Å²) in [6.07, 6.45) is -13.4. The van der Waals surface area contributed by atoms with Crippen molar-refractivity contribution in [3.05, 3.63) is 93.7 Å². The van der Waals surface area contributed by atoms with Crippen molar-refractivity contribution in [3.63, 3.8) is 0 Å². The average molecular weight is 787 g/mol. The van der Waals surface area contributed by atoms with Crippen LogP contribution in [0.2, 0.25) is 0 Å². The van der Waals surface area contributed by atoms with E-state index >= 15 is 0 Å². The van der Waals surface area contributed by atoms with Gasteiger partial charge in [0.1, 0.15) is 18.2 Å². The van der Waals surface area contributed by atoms with Crippen LogP contribution in [-0.2, 0) is 25.4 Å². The number of fused-ring (bicyclic) bond motifs is 2. The summed E-state index contributed by atoms with van der Waals surface area (Å²) in [4.78, 5) is 16.9. The molecule has 19 heteroatoms. The molecule has 0 atom stereocenters. The van der Waals surface area contributed by atoms with E-state index in [1.807, 2.05) is 32.2 Å². The van der Waals surface area contributed by atoms with Gasteiger partial charge in [-0.2, -0.15) is 49.5 Å². The van der Waals surface area contributed by atoms with Gasteiger partial charge in [-0.3, -0.25) is 0 Å². The molecular weight excluding hydrogens is 756 g/mol. The van der Waals surface area contributed by atoms with Crippen LogP contribution in [0.5, 0.6) is 0 Å². The molecule has 53 heavy (non-hydrogen) atoms. The third kappa shape index (κ3) is 10.8. The SMILES string of the molecule is CC(C)(C)Nc1nc(NCc2ccccc2C(F)(F)F)c2sccc2n1.FC(F)(F)CNc1nc(NCc2ccccc2C(F)(F)F)c2sccc2n1. The first-order valence-corrected chi connectivity index (χ1v) is 17.4. The maximum Gasteiger partial charge on any atom is 0.416 e. The molecule has 0 aliphatic carbocycles. The van der Waals surface area contributed by atoms with Crippen LogP contribution in [0, 0.1) is 0 Å². The fourth-order valence-electron chi connectivity index (χ4n) is 4.88. The largest absolute Gasteiger partial charge is 0.416 e. The van der Waals surface area contributed by atoms with Crippen molar-refractivity contribution in [3.8, 4) is 0 Å². The molecule has 2 aromatic carbocycles. The predicted molar refractivity (Wildman–Crippen MR) is 190 cm³/mol. The molecular formula is C34H31F9N8S2. The van der Waals surface area contributed by atoms with Crippen molar-refractivity contribution in [1.29, 1.82) is 0 Å². The summed E-state index contributed by atoms with van der Waals surface area (Å²) in [5.74, 6) is 0.866. The minimum atomic E-state index is -4.51. The average Bonchev–Trinajstić information content (AvgIpc) is 3.74. The number of nitrogens with one attached hydrogen (secondary N) is 4. The highest BCUT2D eigenvalue weighted by Crippen LogP contribution is 2.35. The quantitative estimate of drug-likeness (QED) is 0.108. The van der Waals surface area contributed by atoms with E-state index in [4.69, 9.17) is 0 Å². The highest BCUT2D eigenvalue weighted by atomic mass is 32.1. The standard InChI is InChI=1S/C18H19F3N4S.C16H12F6N4S/c1-17(2,3)25-16-23-13-8-9-26-14(13)15(24-16)22-10-11-6-4-5-7-12(11)18(19,20)21;17-15(18,19)8-24-14-25-11-5-6-27-12(11)13(26-14)23-7-9-3-1-2-4-10(9)16(20,21)22/h4-9H,10H2,1-3H3,(H2,22,23,24,25);1-6H,7-8H2,(H2,23,24,25,26). The van der Waals surface area contributed by atoms with E-state index in [1.54, 1.807) is 17.5 Å². The summed E-state index contributed by atoms with van der Waals surface area (Å²) in [5.41, 5.74) is -0.341. The molecule has 0 unspecified atom stereocenters. The minimum Gasteiger partial charge on any atom is -0.365 e. The van der Waals surface area contributed by atoms with Gasteiger partial charge in [0.15, 0.2) is 0 Å². The van der Waals surface area contributed by atoms with Crippen molar-refractivity contribution < 1.29 is 39.5 Å². The fourth-order valence-corrected chi connectivity index (χ4v) is 6.47. The molecule has 0 saturated carbocycles. The third-order valence-corrected chi connectivity index (χ3v) is 8.90. The lowest BCUT2D eigenvalue weighted by Gasteiger charge is -2.21. The smallest absolute Gasteiger partial charge is 0.365 e. The Kier molecular flexibility index (Phi) is 11.6. The van der Waals surface area contributed by atoms with Crippen LogP contribution in [0.3, 0.4) is 0 Å². The molecule has 0 amide bonds. The molecule has 6 aromatic rings. The molecule has 0 aliphatic rings. The van der Waals surface area contributed by atoms with Gasteiger partial charge in [-0.25, -0.2) is 9.97 Å². The number of hydrogen-bond donors (Lipinski definition) is 4. The number of benzene rings is 2. The molecule has 0 bridgehead atoms. The zero-order chi connectivity index (χ0) is 38.6. The summed E-state index contributed by atoms with van der Waals surface area (Å²) in [6, 6.07) is 14.1. The molecule has 0 aliphatic heterocycles. The van der Waals surface area contributed by atoms with Crippen LogP contribution in [0.25, 0.3) is 20.4 Å². The van der Waals surface area contributed by atoms with Crippen LogP contribution >= 0.6 is 22.7 Å². The first-order valence-electron chi connectivity index (χ1n) is 15.6. The number of nitrogens with zero attached hydrogens (tertiary/aromatic N) is 4. The van der Waals surface area contributed by atoms with Crippen molar-refractivity contribution in [2.45, 2.75) is 57.9 Å². The van der Waals surface area contributed by atoms with Gasteiger partial charge in [0.05, 0.1) is 31.6 Å². The minimum absolute atomic E-state index is 0.00174. The van der Waals surface area contributed by atoms with Crippen molar-refractivity contribution in [2.24, 2.45) is 0 Å². The van der Waals surface area contributed by atoms with Crippen molar-refractivity contribution in [1.82, 2.24) is 19.9 Å². The van der Waals surface area contributed by atoms with Gasteiger partial charge in [0.2, 0.25) is 11.9 Å². The van der Waals surface area contributed by atoms with Gasteiger partial charge in [-0.1, -0.05) is 36.4 Å². The molecule has 4 heterocycles. The maximum absolute atomic E-state index is 13.2. The fraction of sp³-hybridized carbons (Fsp3) is 0.294. The summed E-state index contributed by atoms with van der Waals surface area (Å²) >= 11 is 2.68. The van der Waals surface area contributed by atoms with Gasteiger partial charge in [-0.15, -0.1) is 22.7 Å². The number of anilines is 4. The second-order valence-electron chi connectivity index (χ2n) is 12.4. The lowest BCUT2D eigenvalue weighted by Crippen LogP contribution is -2.27. The molecule has 0 radical (unpaired) electrons. The Morgan fingerprint density at radius 2 is 0.981 bits per heavy atom. The van der Waals surface area contributed by atoms with Gasteiger partial charge >= 0.3 is 18.5 Å². The van der Waals surface area contributed by atoms with Gasteiger partial charge in [0, 0.05) is 18.6 Å². The van der Waals surface area contributed by atoms with Crippen molar-refractivity contribution >= 4 is 66.6 Å². The Hall–Kier alpha value is -4.91. The Morgan fingerprint density at radius 1 is 0.547 bits per heavy atom. The van der Waals surface area contributed by atoms with Crippen LogP contribution in [0.1, 0.15) is 43.0 Å². The predicted octanol–water partition coefficient (Wildman–Crippen LogP) is 10.8. The van der Waals surface area contributed by atoms with Gasteiger partial charge in [-0.05, 0) is 66.9 Å². The molecule has 8 nitrogen and oxygen atoms in total. The highest BCUT2D eigenvalue weighted by Gasteiger charge is 2.34. The molecule has 4 aromatic heterocycles. The maximum atomic E-state index is 13.2. The first-order chi connectivity index (χ1) is 24.8. The van der Waals surface area contributed by atoms with Crippen LogP contribution < -0.4 is 21.3 Å². The first kappa shape index (κ1) is 39.3. The Morgan fingerprint density at radius 3 is 1.42 bits per heavy atom. The molecule has 0 fully saturated rings. The van der Waals surface area contributed by atoms with E-state index in [2.05, 4.69) is 41.2 Å². The Labute approximate surface area is 304 Å². The van der Waals surface area contributed by atoms with E-state index in [1.165, 1.54) is 53.0 Å². The van der Waals surface area contributed by atoms with Gasteiger partial charge < -0.3 is 21.3 Å². The van der Waals surface area contributed by atoms with Crippen molar-refractivity contribution in [2.75, 3.05) is 27.8 Å². The number of alkyl halides is 9. The molecule has 4 N–H and O–H groups in total. The van der Waals surface area contributed by atoms with Crippen LogP contribution in [0.4, 0.5) is 63.0 Å². The van der Waals surface area contributed by atoms with E-state index in [9.17, 15) is 39.5 Å². The Balaban J connectivity index is 0.000000204. The number of thiophene rings is 2. The summed E-state index contributed by atoms with van der Waals surface area (Å²) in [6.45, 7) is 4.47. The zero-order valence-electron chi connectivity index (χ0n) is 28.1. The van der Waals surface area contributed by atoms with Crippen LogP contribution in [-0.4, -0.2) is 38.2 Å². The number of halogens is 9. The number of hydrogen-bond acceptors (Lipinski definition) is 10. The van der Waals surface area contributed by atoms with E-state index < -0.39 is 36.2 Å². The normalized spacial score (nSPS) is 12.4. The monoisotopic (exact) mass is 786 g/mol. The highest BCUT2D eigenvalue weighted by molar-refractivity contribution is 7.18. The second kappa shape index (κ2) is 15.6. The third-order valence-electron chi connectivity index (χ3n) is 7.08. The molecule has 0 saturated heterocycles. The van der Waals surface area contributed by atoms with E-state index in [0.29, 0.717) is 22.0 Å². The zero-order valence-corrected chi connectivity index (χ0v) is 29.7. The summed E-state index contributed by atoms with van der Waals surface area (Å²) < 4.78 is 117. The molecule has 0 spiro atoms. The number of aromatic nitrogens is 4. The van der Waals surface area contributed by atoms with E-state index in [0.717, 1.165) is 22.3 Å². The lowest BCUT2D eigenvalue weighted by molar-refractivity contribution is -0.139. The van der Waals surface area contributed by atoms with Crippen LogP contribution in [0.15, 0.2) is 71.4 Å². The molecule has 282 valence electrons. The topological polar surface area (TPSA) is 99.7 Å².